The van der Waals surface area contributed by atoms with E-state index in [0.717, 1.165) is 6.07 Å². The van der Waals surface area contributed by atoms with Gasteiger partial charge in [-0.15, -0.1) is 13.2 Å². The van der Waals surface area contributed by atoms with Crippen molar-refractivity contribution in [1.29, 1.82) is 5.41 Å². The van der Waals surface area contributed by atoms with Gasteiger partial charge in [-0.3, -0.25) is 5.41 Å². The zero-order valence-corrected chi connectivity index (χ0v) is 10.5. The van der Waals surface area contributed by atoms with Crippen molar-refractivity contribution in [2.24, 2.45) is 5.73 Å². The smallest absolute Gasteiger partial charge is 0.435 e. The van der Waals surface area contributed by atoms with Crippen LogP contribution in [0, 0.1) is 5.41 Å². The maximum absolute atomic E-state index is 12.3. The van der Waals surface area contributed by atoms with E-state index in [1.807, 2.05) is 0 Å². The number of para-hydroxylation sites is 2. The molecule has 5 nitrogen and oxygen atoms in total. The molecule has 0 aliphatic heterocycles. The Labute approximate surface area is 117 Å². The maximum atomic E-state index is 12.3. The van der Waals surface area contributed by atoms with Crippen LogP contribution in [0.3, 0.4) is 0 Å². The number of halogens is 3. The number of nitrogens with one attached hydrogen (secondary N) is 1. The number of benzene rings is 1. The summed E-state index contributed by atoms with van der Waals surface area (Å²) in [5.41, 5.74) is 5.66. The van der Waals surface area contributed by atoms with Crippen LogP contribution in [-0.4, -0.2) is 17.2 Å². The molecule has 0 unspecified atom stereocenters. The predicted molar refractivity (Wildman–Crippen MR) is 68.5 cm³/mol. The molecule has 1 aromatic heterocycles. The fourth-order valence-corrected chi connectivity index (χ4v) is 1.49. The van der Waals surface area contributed by atoms with Crippen LogP contribution >= 0.6 is 0 Å². The normalized spacial score (nSPS) is 11.0. The number of nitrogens with zero attached hydrogens (tertiary/aromatic N) is 1. The molecule has 1 heterocycles. The number of pyridine rings is 1. The molecule has 2 aromatic rings. The molecule has 0 aliphatic carbocycles. The molecule has 0 atom stereocenters. The summed E-state index contributed by atoms with van der Waals surface area (Å²) < 4.78 is 46.0. The third kappa shape index (κ3) is 4.10. The number of nitrogen functional groups attached to an aromatic ring is 1. The van der Waals surface area contributed by atoms with Gasteiger partial charge < -0.3 is 15.2 Å². The van der Waals surface area contributed by atoms with E-state index in [-0.39, 0.29) is 17.5 Å². The Hall–Kier alpha value is -2.77. The van der Waals surface area contributed by atoms with Gasteiger partial charge in [-0.2, -0.15) is 0 Å². The third-order valence-corrected chi connectivity index (χ3v) is 2.34. The lowest BCUT2D eigenvalue weighted by Gasteiger charge is -2.13. The van der Waals surface area contributed by atoms with Crippen LogP contribution in [0.5, 0.6) is 17.4 Å². The molecule has 2 rings (SSSR count). The third-order valence-electron chi connectivity index (χ3n) is 2.34. The van der Waals surface area contributed by atoms with Gasteiger partial charge in [-0.05, 0) is 18.2 Å². The van der Waals surface area contributed by atoms with E-state index in [1.165, 1.54) is 36.5 Å². The van der Waals surface area contributed by atoms with Gasteiger partial charge in [0.15, 0.2) is 11.5 Å². The lowest BCUT2D eigenvalue weighted by molar-refractivity contribution is -0.275. The van der Waals surface area contributed by atoms with E-state index in [2.05, 4.69) is 9.72 Å². The highest BCUT2D eigenvalue weighted by atomic mass is 19.4. The number of aromatic nitrogens is 1. The molecule has 8 heteroatoms. The molecule has 110 valence electrons. The fraction of sp³-hybridized carbons (Fsp3) is 0.0769. The summed E-state index contributed by atoms with van der Waals surface area (Å²) in [6.45, 7) is 0. The highest BCUT2D eigenvalue weighted by molar-refractivity contribution is 5.95. The molecule has 0 fully saturated rings. The Balaban J connectivity index is 2.27. The van der Waals surface area contributed by atoms with Crippen molar-refractivity contribution >= 4 is 5.84 Å². The molecule has 1 aromatic carbocycles. The average Bonchev–Trinajstić information content (AvgIpc) is 2.40. The Morgan fingerprint density at radius 1 is 1.14 bits per heavy atom. The molecular formula is C13H10F3N3O2. The first-order valence-corrected chi connectivity index (χ1v) is 5.68. The van der Waals surface area contributed by atoms with Gasteiger partial charge >= 0.3 is 6.36 Å². The van der Waals surface area contributed by atoms with Gasteiger partial charge in [-0.1, -0.05) is 12.1 Å². The van der Waals surface area contributed by atoms with Crippen LogP contribution in [0.4, 0.5) is 13.2 Å². The van der Waals surface area contributed by atoms with Crippen molar-refractivity contribution in [2.75, 3.05) is 0 Å². The van der Waals surface area contributed by atoms with Crippen molar-refractivity contribution in [3.05, 3.63) is 48.2 Å². The summed E-state index contributed by atoms with van der Waals surface area (Å²) in [5.74, 6) is -0.842. The molecule has 0 amide bonds. The molecule has 0 saturated carbocycles. The number of alkyl halides is 3. The van der Waals surface area contributed by atoms with Crippen molar-refractivity contribution in [2.45, 2.75) is 6.36 Å². The molecule has 0 bridgehead atoms. The van der Waals surface area contributed by atoms with E-state index in [1.54, 1.807) is 0 Å². The van der Waals surface area contributed by atoms with Gasteiger partial charge in [0.2, 0.25) is 5.88 Å². The second-order valence-electron chi connectivity index (χ2n) is 3.89. The lowest BCUT2D eigenvalue weighted by Crippen LogP contribution is -2.17. The average molecular weight is 297 g/mol. The van der Waals surface area contributed by atoms with Crippen molar-refractivity contribution in [3.63, 3.8) is 0 Å². The molecule has 21 heavy (non-hydrogen) atoms. The monoisotopic (exact) mass is 297 g/mol. The minimum Gasteiger partial charge on any atom is -0.435 e. The number of hydrogen-bond donors (Lipinski definition) is 2. The highest BCUT2D eigenvalue weighted by Crippen LogP contribution is 2.34. The topological polar surface area (TPSA) is 81.2 Å². The van der Waals surface area contributed by atoms with Gasteiger partial charge in [0.1, 0.15) is 5.84 Å². The SMILES string of the molecule is N=C(N)c1ccnc(Oc2ccccc2OC(F)(F)F)c1. The predicted octanol–water partition coefficient (Wildman–Crippen LogP) is 3.06. The van der Waals surface area contributed by atoms with Crippen molar-refractivity contribution in [1.82, 2.24) is 4.98 Å². The number of amidine groups is 1. The van der Waals surface area contributed by atoms with Crippen LogP contribution < -0.4 is 15.2 Å². The Kier molecular flexibility index (Phi) is 3.97. The number of rotatable bonds is 4. The second kappa shape index (κ2) is 5.70. The summed E-state index contributed by atoms with van der Waals surface area (Å²) in [6, 6.07) is 8.13. The van der Waals surface area contributed by atoms with E-state index < -0.39 is 12.1 Å². The summed E-state index contributed by atoms with van der Waals surface area (Å²) in [6.07, 6.45) is -3.49. The number of nitrogens with two attached hydrogens (primary N) is 1. The summed E-state index contributed by atoms with van der Waals surface area (Å²) in [7, 11) is 0. The Bertz CT molecular complexity index is 659. The van der Waals surface area contributed by atoms with E-state index in [9.17, 15) is 13.2 Å². The second-order valence-corrected chi connectivity index (χ2v) is 3.89. The zero-order valence-electron chi connectivity index (χ0n) is 10.5. The number of hydrogen-bond acceptors (Lipinski definition) is 4. The number of ether oxygens (including phenoxy) is 2. The Morgan fingerprint density at radius 2 is 1.81 bits per heavy atom. The molecule has 0 saturated heterocycles. The minimum atomic E-state index is -4.83. The molecule has 0 radical (unpaired) electrons. The van der Waals surface area contributed by atoms with Gasteiger partial charge in [0.25, 0.3) is 0 Å². The Morgan fingerprint density at radius 3 is 2.43 bits per heavy atom. The van der Waals surface area contributed by atoms with Gasteiger partial charge in [-0.25, -0.2) is 4.98 Å². The highest BCUT2D eigenvalue weighted by Gasteiger charge is 2.32. The first kappa shape index (κ1) is 14.6. The summed E-state index contributed by atoms with van der Waals surface area (Å²) in [5, 5.41) is 7.29. The zero-order chi connectivity index (χ0) is 15.5. The van der Waals surface area contributed by atoms with Crippen LogP contribution in [0.1, 0.15) is 5.56 Å². The molecule has 0 spiro atoms. The standard InChI is InChI=1S/C13H10F3N3O2/c14-13(15,16)21-10-4-2-1-3-9(10)20-11-7-8(12(17)18)5-6-19-11/h1-7H,(H3,17,18). The van der Waals surface area contributed by atoms with Crippen LogP contribution in [-0.2, 0) is 0 Å². The fourth-order valence-electron chi connectivity index (χ4n) is 1.49. The van der Waals surface area contributed by atoms with Crippen LogP contribution in [0.25, 0.3) is 0 Å². The first-order valence-electron chi connectivity index (χ1n) is 5.68. The van der Waals surface area contributed by atoms with E-state index in [4.69, 9.17) is 15.9 Å². The van der Waals surface area contributed by atoms with Crippen LogP contribution in [0.2, 0.25) is 0 Å². The molecular weight excluding hydrogens is 287 g/mol. The van der Waals surface area contributed by atoms with E-state index >= 15 is 0 Å². The lowest BCUT2D eigenvalue weighted by atomic mass is 10.2. The minimum absolute atomic E-state index is 0.000856. The summed E-state index contributed by atoms with van der Waals surface area (Å²) >= 11 is 0. The van der Waals surface area contributed by atoms with Crippen LogP contribution in [0.15, 0.2) is 42.6 Å². The van der Waals surface area contributed by atoms with Gasteiger partial charge in [0.05, 0.1) is 0 Å². The maximum Gasteiger partial charge on any atom is 0.573 e. The molecule has 3 N–H and O–H groups in total. The van der Waals surface area contributed by atoms with Gasteiger partial charge in [0, 0.05) is 17.8 Å². The summed E-state index contributed by atoms with van der Waals surface area (Å²) in [4.78, 5) is 3.84. The largest absolute Gasteiger partial charge is 0.573 e. The van der Waals surface area contributed by atoms with Crippen molar-refractivity contribution in [3.8, 4) is 17.4 Å². The first-order chi connectivity index (χ1) is 9.85. The quantitative estimate of drug-likeness (QED) is 0.671. The van der Waals surface area contributed by atoms with Crippen molar-refractivity contribution < 1.29 is 22.6 Å². The van der Waals surface area contributed by atoms with E-state index in [0.29, 0.717) is 5.56 Å². The molecule has 0 aliphatic rings.